The molecule has 7 nitrogen and oxygen atoms in total. The van der Waals surface area contributed by atoms with Crippen LogP contribution in [0.4, 0.5) is 0 Å². The summed E-state index contributed by atoms with van der Waals surface area (Å²) in [5.41, 5.74) is 10.6. The van der Waals surface area contributed by atoms with Gasteiger partial charge in [-0.2, -0.15) is 0 Å². The molecule has 28 heavy (non-hydrogen) atoms. The fraction of sp³-hybridized carbons (Fsp3) is 0.211. The van der Waals surface area contributed by atoms with E-state index in [9.17, 15) is 14.4 Å². The third-order valence-electron chi connectivity index (χ3n) is 3.46. The Kier molecular flexibility index (Phi) is 8.61. The predicted molar refractivity (Wildman–Crippen MR) is 109 cm³/mol. The smallest absolute Gasteiger partial charge is 0.313 e. The number of aliphatic carboxylic acids is 1. The summed E-state index contributed by atoms with van der Waals surface area (Å²) >= 11 is 1.87. The SMILES string of the molecule is [N-]=[N+]=NCc1cc(CC(=O)SCC(=O)O)cc(CC(=O)Sc2ccccc2)c1. The second-order valence-electron chi connectivity index (χ2n) is 5.74. The quantitative estimate of drug-likeness (QED) is 0.283. The van der Waals surface area contributed by atoms with E-state index in [1.54, 1.807) is 18.2 Å². The van der Waals surface area contributed by atoms with Crippen LogP contribution in [0, 0.1) is 0 Å². The number of thioether (sulfide) groups is 2. The number of rotatable bonds is 9. The van der Waals surface area contributed by atoms with Crippen LogP contribution >= 0.6 is 23.5 Å². The molecule has 0 unspecified atom stereocenters. The average Bonchev–Trinajstić information content (AvgIpc) is 2.65. The van der Waals surface area contributed by atoms with Gasteiger partial charge in [0, 0.05) is 22.6 Å². The Morgan fingerprint density at radius 1 is 0.964 bits per heavy atom. The molecule has 0 heterocycles. The van der Waals surface area contributed by atoms with E-state index in [0.29, 0.717) is 16.7 Å². The molecule has 2 aromatic rings. The lowest BCUT2D eigenvalue weighted by atomic mass is 10.0. The molecule has 0 amide bonds. The van der Waals surface area contributed by atoms with Crippen LogP contribution in [0.25, 0.3) is 10.4 Å². The molecule has 2 rings (SSSR count). The highest BCUT2D eigenvalue weighted by molar-refractivity contribution is 8.14. The summed E-state index contributed by atoms with van der Waals surface area (Å²) in [4.78, 5) is 38.5. The summed E-state index contributed by atoms with van der Waals surface area (Å²) in [6.45, 7) is 0.105. The molecule has 0 aromatic heterocycles. The van der Waals surface area contributed by atoms with Gasteiger partial charge in [0.25, 0.3) is 0 Å². The van der Waals surface area contributed by atoms with Gasteiger partial charge in [0.15, 0.2) is 10.2 Å². The van der Waals surface area contributed by atoms with Crippen LogP contribution in [-0.4, -0.2) is 27.1 Å². The number of carbonyl (C=O) groups is 3. The van der Waals surface area contributed by atoms with Crippen LogP contribution in [0.2, 0.25) is 0 Å². The van der Waals surface area contributed by atoms with E-state index in [4.69, 9.17) is 10.6 Å². The molecule has 0 fully saturated rings. The monoisotopic (exact) mass is 415 g/mol. The van der Waals surface area contributed by atoms with Crippen LogP contribution < -0.4 is 0 Å². The van der Waals surface area contributed by atoms with E-state index in [2.05, 4.69) is 10.0 Å². The summed E-state index contributed by atoms with van der Waals surface area (Å²) in [5, 5.41) is 11.9. The molecule has 0 saturated carbocycles. The van der Waals surface area contributed by atoms with Crippen molar-refractivity contribution in [3.05, 3.63) is 75.7 Å². The van der Waals surface area contributed by atoms with Crippen molar-refractivity contribution in [1.82, 2.24) is 0 Å². The lowest BCUT2D eigenvalue weighted by molar-refractivity contribution is -0.134. The molecule has 0 bridgehead atoms. The van der Waals surface area contributed by atoms with Crippen molar-refractivity contribution in [2.24, 2.45) is 5.11 Å². The molecule has 0 radical (unpaired) electrons. The van der Waals surface area contributed by atoms with Crippen molar-refractivity contribution in [1.29, 1.82) is 0 Å². The number of azide groups is 1. The van der Waals surface area contributed by atoms with E-state index < -0.39 is 5.97 Å². The van der Waals surface area contributed by atoms with Crippen molar-refractivity contribution < 1.29 is 19.5 Å². The molecule has 0 saturated heterocycles. The van der Waals surface area contributed by atoms with Crippen LogP contribution in [0.15, 0.2) is 58.5 Å². The molecule has 1 N–H and O–H groups in total. The fourth-order valence-electron chi connectivity index (χ4n) is 2.43. The van der Waals surface area contributed by atoms with Crippen LogP contribution in [0.5, 0.6) is 0 Å². The second-order valence-corrected chi connectivity index (χ2v) is 7.91. The molecule has 0 aliphatic rings. The molecular formula is C19H17N3O4S2. The van der Waals surface area contributed by atoms with Gasteiger partial charge in [0.05, 0.1) is 12.3 Å². The minimum atomic E-state index is -1.06. The van der Waals surface area contributed by atoms with E-state index in [0.717, 1.165) is 28.4 Å². The average molecular weight is 415 g/mol. The standard InChI is InChI=1S/C19H17N3O4S2/c20-22-21-11-15-7-13(9-18(25)27-12-17(23)24)6-14(8-15)10-19(26)28-16-4-2-1-3-5-16/h1-8H,9-12H2,(H,23,24). The molecule has 0 aliphatic carbocycles. The Labute approximate surface area is 170 Å². The van der Waals surface area contributed by atoms with Gasteiger partial charge in [0.2, 0.25) is 0 Å². The number of carbonyl (C=O) groups excluding carboxylic acids is 2. The fourth-order valence-corrected chi connectivity index (χ4v) is 3.78. The summed E-state index contributed by atoms with van der Waals surface area (Å²) in [6.07, 6.45) is 0.197. The zero-order valence-corrected chi connectivity index (χ0v) is 16.4. The van der Waals surface area contributed by atoms with Crippen molar-refractivity contribution in [3.63, 3.8) is 0 Å². The Morgan fingerprint density at radius 2 is 1.57 bits per heavy atom. The number of hydrogen-bond donors (Lipinski definition) is 1. The first kappa shape index (κ1) is 21.6. The first-order valence-corrected chi connectivity index (χ1v) is 10.0. The highest BCUT2D eigenvalue weighted by Crippen LogP contribution is 2.22. The van der Waals surface area contributed by atoms with Crippen LogP contribution in [0.3, 0.4) is 0 Å². The third-order valence-corrected chi connectivity index (χ3v) is 5.19. The highest BCUT2D eigenvalue weighted by atomic mass is 32.2. The van der Waals surface area contributed by atoms with E-state index in [1.807, 2.05) is 30.3 Å². The summed E-state index contributed by atoms with van der Waals surface area (Å²) in [6, 6.07) is 14.5. The van der Waals surface area contributed by atoms with Crippen molar-refractivity contribution in [2.75, 3.05) is 5.75 Å². The number of nitrogens with zero attached hydrogens (tertiary/aromatic N) is 3. The van der Waals surface area contributed by atoms with Crippen molar-refractivity contribution in [2.45, 2.75) is 24.3 Å². The number of carboxylic acid groups (broad SMARTS) is 1. The summed E-state index contributed by atoms with van der Waals surface area (Å²) in [7, 11) is 0. The summed E-state index contributed by atoms with van der Waals surface area (Å²) in [5.74, 6) is -1.35. The normalized spacial score (nSPS) is 10.1. The highest BCUT2D eigenvalue weighted by Gasteiger charge is 2.12. The molecule has 0 atom stereocenters. The molecular weight excluding hydrogens is 398 g/mol. The molecule has 144 valence electrons. The zero-order valence-electron chi connectivity index (χ0n) is 14.8. The molecule has 0 aliphatic heterocycles. The maximum Gasteiger partial charge on any atom is 0.313 e. The number of carboxylic acids is 1. The van der Waals surface area contributed by atoms with E-state index in [1.165, 1.54) is 0 Å². The molecule has 0 spiro atoms. The Balaban J connectivity index is 2.12. The van der Waals surface area contributed by atoms with Gasteiger partial charge in [-0.05, 0) is 34.4 Å². The Bertz CT molecular complexity index is 913. The van der Waals surface area contributed by atoms with E-state index in [-0.39, 0.29) is 35.4 Å². The van der Waals surface area contributed by atoms with Gasteiger partial charge in [-0.3, -0.25) is 14.4 Å². The number of benzene rings is 2. The van der Waals surface area contributed by atoms with Gasteiger partial charge in [0.1, 0.15) is 0 Å². The maximum atomic E-state index is 12.4. The third kappa shape index (κ3) is 7.87. The lowest BCUT2D eigenvalue weighted by Gasteiger charge is -2.08. The topological polar surface area (TPSA) is 120 Å². The lowest BCUT2D eigenvalue weighted by Crippen LogP contribution is -2.06. The van der Waals surface area contributed by atoms with Crippen LogP contribution in [-0.2, 0) is 33.8 Å². The van der Waals surface area contributed by atoms with Gasteiger partial charge >= 0.3 is 5.97 Å². The van der Waals surface area contributed by atoms with Gasteiger partial charge in [-0.15, -0.1) is 0 Å². The minimum Gasteiger partial charge on any atom is -0.481 e. The van der Waals surface area contributed by atoms with Crippen molar-refractivity contribution in [3.8, 4) is 0 Å². The minimum absolute atomic E-state index is 0.0368. The first-order valence-electron chi connectivity index (χ1n) is 8.22. The number of hydrogen-bond acceptors (Lipinski definition) is 6. The van der Waals surface area contributed by atoms with Gasteiger partial charge in [-0.1, -0.05) is 65.0 Å². The maximum absolute atomic E-state index is 12.4. The van der Waals surface area contributed by atoms with E-state index >= 15 is 0 Å². The molecule has 9 heteroatoms. The first-order chi connectivity index (χ1) is 13.5. The van der Waals surface area contributed by atoms with Crippen molar-refractivity contribution >= 4 is 39.7 Å². The van der Waals surface area contributed by atoms with Gasteiger partial charge in [-0.25, -0.2) is 0 Å². The van der Waals surface area contributed by atoms with Crippen LogP contribution in [0.1, 0.15) is 16.7 Å². The van der Waals surface area contributed by atoms with Gasteiger partial charge < -0.3 is 5.11 Å². The Morgan fingerprint density at radius 3 is 2.18 bits per heavy atom. The summed E-state index contributed by atoms with van der Waals surface area (Å²) < 4.78 is 0. The molecule has 2 aromatic carbocycles. The largest absolute Gasteiger partial charge is 0.481 e. The zero-order chi connectivity index (χ0) is 20.4. The predicted octanol–water partition coefficient (Wildman–Crippen LogP) is 4.25. The second kappa shape index (κ2) is 11.2. The Hall–Kier alpha value is -2.74.